The number of amides is 2. The van der Waals surface area contributed by atoms with Crippen LogP contribution in [0, 0.1) is 0 Å². The van der Waals surface area contributed by atoms with Gasteiger partial charge in [0.05, 0.1) is 30.5 Å². The summed E-state index contributed by atoms with van der Waals surface area (Å²) in [6.07, 6.45) is -0.721. The summed E-state index contributed by atoms with van der Waals surface area (Å²) < 4.78 is 5.35. The Morgan fingerprint density at radius 3 is 2.88 bits per heavy atom. The third-order valence-corrected chi connectivity index (χ3v) is 5.21. The molecule has 1 aliphatic rings. The van der Waals surface area contributed by atoms with E-state index in [9.17, 15) is 9.90 Å². The lowest BCUT2D eigenvalue weighted by atomic mass is 10.2. The molecular formula is C17H20ClN3O3S. The number of benzene rings is 1. The molecule has 0 spiro atoms. The van der Waals surface area contributed by atoms with Crippen LogP contribution in [0.25, 0.3) is 0 Å². The van der Waals surface area contributed by atoms with Gasteiger partial charge in [0.25, 0.3) is 0 Å². The molecule has 1 atom stereocenters. The second-order valence-corrected chi connectivity index (χ2v) is 7.02. The first kappa shape index (κ1) is 18.0. The van der Waals surface area contributed by atoms with E-state index in [1.165, 1.54) is 11.3 Å². The fraction of sp³-hybridized carbons (Fsp3) is 0.353. The molecule has 2 amide bonds. The summed E-state index contributed by atoms with van der Waals surface area (Å²) in [7, 11) is 0. The standard InChI is InChI=1S/C17H20ClN3O3S/c18-13-4-3-12(21-5-7-24-8-6-21)10-14(13)20-17(23)19-11-15(22)16-2-1-9-25-16/h1-4,9-10,15,22H,5-8,11H2,(H2,19,20,23)/t15-/m0/s1. The fourth-order valence-electron chi connectivity index (χ4n) is 2.56. The van der Waals surface area contributed by atoms with Gasteiger partial charge in [-0.05, 0) is 29.6 Å². The van der Waals surface area contributed by atoms with Gasteiger partial charge in [-0.3, -0.25) is 0 Å². The van der Waals surface area contributed by atoms with E-state index in [0.29, 0.717) is 23.9 Å². The zero-order chi connectivity index (χ0) is 17.6. The molecule has 3 N–H and O–H groups in total. The van der Waals surface area contributed by atoms with Crippen molar-refractivity contribution >= 4 is 40.3 Å². The van der Waals surface area contributed by atoms with Crippen molar-refractivity contribution < 1.29 is 14.6 Å². The van der Waals surface area contributed by atoms with E-state index < -0.39 is 12.1 Å². The summed E-state index contributed by atoms with van der Waals surface area (Å²) in [6.45, 7) is 3.12. The molecule has 0 radical (unpaired) electrons. The van der Waals surface area contributed by atoms with Crippen molar-refractivity contribution in [3.8, 4) is 0 Å². The van der Waals surface area contributed by atoms with Gasteiger partial charge in [-0.25, -0.2) is 4.79 Å². The number of hydrogen-bond acceptors (Lipinski definition) is 5. The number of morpholine rings is 1. The fourth-order valence-corrected chi connectivity index (χ4v) is 3.44. The molecule has 1 saturated heterocycles. The molecule has 1 aliphatic heterocycles. The van der Waals surface area contributed by atoms with Crippen LogP contribution < -0.4 is 15.5 Å². The smallest absolute Gasteiger partial charge is 0.319 e. The number of aliphatic hydroxyl groups excluding tert-OH is 1. The van der Waals surface area contributed by atoms with E-state index in [0.717, 1.165) is 23.7 Å². The molecule has 1 fully saturated rings. The minimum atomic E-state index is -0.721. The van der Waals surface area contributed by atoms with Gasteiger partial charge in [0.15, 0.2) is 0 Å². The van der Waals surface area contributed by atoms with Crippen molar-refractivity contribution in [1.29, 1.82) is 0 Å². The highest BCUT2D eigenvalue weighted by Crippen LogP contribution is 2.28. The highest BCUT2D eigenvalue weighted by atomic mass is 35.5. The molecule has 0 aliphatic carbocycles. The molecule has 2 heterocycles. The lowest BCUT2D eigenvalue weighted by molar-refractivity contribution is 0.122. The quantitative estimate of drug-likeness (QED) is 0.744. The number of hydrogen-bond donors (Lipinski definition) is 3. The molecule has 25 heavy (non-hydrogen) atoms. The molecule has 2 aromatic rings. The molecule has 1 aromatic heterocycles. The summed E-state index contributed by atoms with van der Waals surface area (Å²) in [5.74, 6) is 0. The summed E-state index contributed by atoms with van der Waals surface area (Å²) in [4.78, 5) is 15.1. The predicted octanol–water partition coefficient (Wildman–Crippen LogP) is 3.09. The normalized spacial score (nSPS) is 15.7. The first-order chi connectivity index (χ1) is 12.1. The Balaban J connectivity index is 1.58. The summed E-state index contributed by atoms with van der Waals surface area (Å²) >= 11 is 7.64. The van der Waals surface area contributed by atoms with E-state index in [-0.39, 0.29) is 6.54 Å². The van der Waals surface area contributed by atoms with Crippen LogP contribution in [0.4, 0.5) is 16.2 Å². The van der Waals surface area contributed by atoms with E-state index in [4.69, 9.17) is 16.3 Å². The second-order valence-electron chi connectivity index (χ2n) is 5.63. The first-order valence-electron chi connectivity index (χ1n) is 8.02. The van der Waals surface area contributed by atoms with Crippen LogP contribution in [-0.2, 0) is 4.74 Å². The monoisotopic (exact) mass is 381 g/mol. The first-order valence-corrected chi connectivity index (χ1v) is 9.28. The number of anilines is 2. The Kier molecular flexibility index (Phi) is 6.14. The van der Waals surface area contributed by atoms with Crippen LogP contribution in [0.5, 0.6) is 0 Å². The number of nitrogens with zero attached hydrogens (tertiary/aromatic N) is 1. The molecule has 0 saturated carbocycles. The Bertz CT molecular complexity index is 705. The van der Waals surface area contributed by atoms with Crippen LogP contribution in [0.1, 0.15) is 11.0 Å². The van der Waals surface area contributed by atoms with Gasteiger partial charge < -0.3 is 25.4 Å². The third kappa shape index (κ3) is 4.85. The Morgan fingerprint density at radius 1 is 1.36 bits per heavy atom. The van der Waals surface area contributed by atoms with Gasteiger partial charge in [-0.2, -0.15) is 0 Å². The van der Waals surface area contributed by atoms with Crippen molar-refractivity contribution in [2.45, 2.75) is 6.10 Å². The van der Waals surface area contributed by atoms with E-state index in [1.54, 1.807) is 6.07 Å². The number of urea groups is 1. The zero-order valence-electron chi connectivity index (χ0n) is 13.6. The number of nitrogens with one attached hydrogen (secondary N) is 2. The average molecular weight is 382 g/mol. The van der Waals surface area contributed by atoms with Crippen molar-refractivity contribution in [2.24, 2.45) is 0 Å². The minimum Gasteiger partial charge on any atom is -0.386 e. The van der Waals surface area contributed by atoms with E-state index in [2.05, 4.69) is 15.5 Å². The molecule has 1 aromatic carbocycles. The Labute approximate surface area is 155 Å². The predicted molar refractivity (Wildman–Crippen MR) is 101 cm³/mol. The number of thiophene rings is 1. The Hall–Kier alpha value is -1.80. The number of halogens is 1. The van der Waals surface area contributed by atoms with Crippen LogP contribution in [0.3, 0.4) is 0 Å². The second kappa shape index (κ2) is 8.53. The average Bonchev–Trinajstić information content (AvgIpc) is 3.17. The Morgan fingerprint density at radius 2 is 2.16 bits per heavy atom. The van der Waals surface area contributed by atoms with Gasteiger partial charge >= 0.3 is 6.03 Å². The van der Waals surface area contributed by atoms with Gasteiger partial charge in [0.1, 0.15) is 6.10 Å². The topological polar surface area (TPSA) is 73.8 Å². The van der Waals surface area contributed by atoms with E-state index >= 15 is 0 Å². The summed E-state index contributed by atoms with van der Waals surface area (Å²) in [6, 6.07) is 8.83. The van der Waals surface area contributed by atoms with Crippen LogP contribution in [0.2, 0.25) is 5.02 Å². The molecule has 0 unspecified atom stereocenters. The summed E-state index contributed by atoms with van der Waals surface area (Å²) in [5, 5.41) is 17.8. The van der Waals surface area contributed by atoms with Gasteiger partial charge in [-0.15, -0.1) is 11.3 Å². The van der Waals surface area contributed by atoms with Gasteiger partial charge in [-0.1, -0.05) is 17.7 Å². The lowest BCUT2D eigenvalue weighted by Gasteiger charge is -2.29. The summed E-state index contributed by atoms with van der Waals surface area (Å²) in [5.41, 5.74) is 1.52. The van der Waals surface area contributed by atoms with Crippen LogP contribution in [0.15, 0.2) is 35.7 Å². The molecule has 0 bridgehead atoms. The maximum Gasteiger partial charge on any atom is 0.319 e. The lowest BCUT2D eigenvalue weighted by Crippen LogP contribution is -2.36. The highest BCUT2D eigenvalue weighted by molar-refractivity contribution is 7.10. The minimum absolute atomic E-state index is 0.132. The van der Waals surface area contributed by atoms with Crippen molar-refractivity contribution in [3.05, 3.63) is 45.6 Å². The number of rotatable bonds is 5. The van der Waals surface area contributed by atoms with Crippen molar-refractivity contribution in [3.63, 3.8) is 0 Å². The highest BCUT2D eigenvalue weighted by Gasteiger charge is 2.15. The SMILES string of the molecule is O=C(NC[C@H](O)c1cccs1)Nc1cc(N2CCOCC2)ccc1Cl. The third-order valence-electron chi connectivity index (χ3n) is 3.90. The number of carbonyl (C=O) groups excluding carboxylic acids is 1. The molecular weight excluding hydrogens is 362 g/mol. The maximum atomic E-state index is 12.1. The zero-order valence-corrected chi connectivity index (χ0v) is 15.1. The molecule has 8 heteroatoms. The number of carbonyl (C=O) groups is 1. The largest absolute Gasteiger partial charge is 0.386 e. The van der Waals surface area contributed by atoms with E-state index in [1.807, 2.05) is 29.6 Å². The van der Waals surface area contributed by atoms with Crippen molar-refractivity contribution in [1.82, 2.24) is 5.32 Å². The number of aliphatic hydroxyl groups is 1. The van der Waals surface area contributed by atoms with Crippen molar-refractivity contribution in [2.75, 3.05) is 43.1 Å². The maximum absolute atomic E-state index is 12.1. The van der Waals surface area contributed by atoms with Gasteiger partial charge in [0.2, 0.25) is 0 Å². The van der Waals surface area contributed by atoms with Gasteiger partial charge in [0, 0.05) is 23.7 Å². The molecule has 134 valence electrons. The van der Waals surface area contributed by atoms with Crippen LogP contribution >= 0.6 is 22.9 Å². The van der Waals surface area contributed by atoms with Crippen LogP contribution in [-0.4, -0.2) is 44.0 Å². The molecule has 3 rings (SSSR count). The number of ether oxygens (including phenoxy) is 1. The molecule has 6 nitrogen and oxygen atoms in total.